The summed E-state index contributed by atoms with van der Waals surface area (Å²) >= 11 is 0. The van der Waals surface area contributed by atoms with Crippen molar-refractivity contribution < 1.29 is 9.63 Å². The number of aliphatic hydroxyl groups excluding tert-OH is 1. The Morgan fingerprint density at radius 3 is 3.00 bits per heavy atom. The first kappa shape index (κ1) is 8.83. The molecule has 0 aromatic carbocycles. The average molecular weight is 191 g/mol. The molecule has 0 saturated carbocycles. The van der Waals surface area contributed by atoms with Gasteiger partial charge >= 0.3 is 0 Å². The van der Waals surface area contributed by atoms with Gasteiger partial charge in [0.25, 0.3) is 0 Å². The molecule has 2 aromatic heterocycles. The lowest BCUT2D eigenvalue weighted by Crippen LogP contribution is -1.90. The van der Waals surface area contributed by atoms with E-state index in [4.69, 9.17) is 9.63 Å². The molecule has 0 atom stereocenters. The summed E-state index contributed by atoms with van der Waals surface area (Å²) in [6.07, 6.45) is 2.04. The van der Waals surface area contributed by atoms with Crippen molar-refractivity contribution in [1.82, 2.24) is 15.1 Å². The molecule has 0 fully saturated rings. The smallest absolute Gasteiger partial charge is 0.229 e. The van der Waals surface area contributed by atoms with E-state index in [0.717, 1.165) is 0 Å². The predicted octanol–water partition coefficient (Wildman–Crippen LogP) is 0.666. The Morgan fingerprint density at radius 1 is 1.36 bits per heavy atom. The lowest BCUT2D eigenvalue weighted by molar-refractivity contribution is 0.274. The third-order valence-corrected chi connectivity index (χ3v) is 1.69. The molecule has 2 rings (SSSR count). The lowest BCUT2D eigenvalue weighted by Gasteiger charge is -1.89. The number of nitrogens with zero attached hydrogens (tertiary/aromatic N) is 3. The summed E-state index contributed by atoms with van der Waals surface area (Å²) < 4.78 is 4.90. The van der Waals surface area contributed by atoms with E-state index in [0.29, 0.717) is 23.8 Å². The van der Waals surface area contributed by atoms with Gasteiger partial charge in [-0.25, -0.2) is 0 Å². The summed E-state index contributed by atoms with van der Waals surface area (Å²) in [7, 11) is 0. The van der Waals surface area contributed by atoms with Crippen LogP contribution in [0.5, 0.6) is 0 Å². The molecule has 0 aliphatic rings. The first-order chi connectivity index (χ1) is 6.90. The first-order valence-corrected chi connectivity index (χ1v) is 4.25. The minimum atomic E-state index is 0.00382. The highest BCUT2D eigenvalue weighted by Gasteiger charge is 2.07. The molecule has 0 amide bonds. The van der Waals surface area contributed by atoms with Gasteiger partial charge in [0.1, 0.15) is 5.69 Å². The standard InChI is InChI=1S/C9H9N3O2/c13-6-4-8-11-9(12-14-8)7-3-1-2-5-10-7/h1-3,5,13H,4,6H2. The molecule has 0 unspecified atom stereocenters. The molecule has 0 radical (unpaired) electrons. The molecular weight excluding hydrogens is 182 g/mol. The van der Waals surface area contributed by atoms with Gasteiger partial charge in [0.05, 0.1) is 13.0 Å². The summed E-state index contributed by atoms with van der Waals surface area (Å²) in [4.78, 5) is 8.14. The van der Waals surface area contributed by atoms with Crippen LogP contribution in [0.1, 0.15) is 5.89 Å². The molecule has 0 saturated heterocycles. The summed E-state index contributed by atoms with van der Waals surface area (Å²) in [5.41, 5.74) is 0.667. The van der Waals surface area contributed by atoms with Crippen molar-refractivity contribution >= 4 is 0 Å². The van der Waals surface area contributed by atoms with Crippen molar-refractivity contribution in [2.45, 2.75) is 6.42 Å². The zero-order valence-electron chi connectivity index (χ0n) is 7.42. The molecular formula is C9H9N3O2. The molecule has 0 bridgehead atoms. The highest BCUT2D eigenvalue weighted by molar-refractivity contribution is 5.46. The minimum absolute atomic E-state index is 0.00382. The van der Waals surface area contributed by atoms with Gasteiger partial charge in [0.2, 0.25) is 11.7 Å². The van der Waals surface area contributed by atoms with Crippen LogP contribution in [0.4, 0.5) is 0 Å². The van der Waals surface area contributed by atoms with Crippen LogP contribution in [-0.4, -0.2) is 26.8 Å². The molecule has 14 heavy (non-hydrogen) atoms. The highest BCUT2D eigenvalue weighted by atomic mass is 16.5. The Hall–Kier alpha value is -1.75. The largest absolute Gasteiger partial charge is 0.396 e. The Balaban J connectivity index is 2.25. The fraction of sp³-hybridized carbons (Fsp3) is 0.222. The molecule has 72 valence electrons. The Kier molecular flexibility index (Phi) is 2.51. The number of hydrogen-bond acceptors (Lipinski definition) is 5. The number of pyridine rings is 1. The Labute approximate surface area is 80.4 Å². The molecule has 2 aromatic rings. The third kappa shape index (κ3) is 1.77. The number of rotatable bonds is 3. The molecule has 2 heterocycles. The average Bonchev–Trinajstić information content (AvgIpc) is 2.68. The second-order valence-corrected chi connectivity index (χ2v) is 2.70. The lowest BCUT2D eigenvalue weighted by atomic mass is 10.3. The van der Waals surface area contributed by atoms with E-state index < -0.39 is 0 Å². The van der Waals surface area contributed by atoms with E-state index in [9.17, 15) is 0 Å². The van der Waals surface area contributed by atoms with Crippen molar-refractivity contribution in [2.24, 2.45) is 0 Å². The van der Waals surface area contributed by atoms with E-state index in [1.165, 1.54) is 0 Å². The van der Waals surface area contributed by atoms with Gasteiger partial charge in [-0.05, 0) is 12.1 Å². The molecule has 0 aliphatic carbocycles. The highest BCUT2D eigenvalue weighted by Crippen LogP contribution is 2.11. The van der Waals surface area contributed by atoms with Crippen LogP contribution in [0.25, 0.3) is 11.5 Å². The van der Waals surface area contributed by atoms with Gasteiger partial charge in [-0.2, -0.15) is 4.98 Å². The molecule has 0 aliphatic heterocycles. The summed E-state index contributed by atoms with van der Waals surface area (Å²) in [5.74, 6) is 0.877. The monoisotopic (exact) mass is 191 g/mol. The fourth-order valence-corrected chi connectivity index (χ4v) is 1.05. The van der Waals surface area contributed by atoms with E-state index in [1.807, 2.05) is 12.1 Å². The maximum atomic E-state index is 8.66. The third-order valence-electron chi connectivity index (χ3n) is 1.69. The second-order valence-electron chi connectivity index (χ2n) is 2.70. The van der Waals surface area contributed by atoms with Crippen LogP contribution in [0, 0.1) is 0 Å². The fourth-order valence-electron chi connectivity index (χ4n) is 1.05. The van der Waals surface area contributed by atoms with Gasteiger partial charge in [-0.1, -0.05) is 11.2 Å². The van der Waals surface area contributed by atoms with Gasteiger partial charge in [-0.3, -0.25) is 4.98 Å². The van der Waals surface area contributed by atoms with Crippen LogP contribution < -0.4 is 0 Å². The van der Waals surface area contributed by atoms with Gasteiger partial charge in [0, 0.05) is 6.20 Å². The topological polar surface area (TPSA) is 72.0 Å². The molecule has 5 nitrogen and oxygen atoms in total. The van der Waals surface area contributed by atoms with Crippen LogP contribution in [0.2, 0.25) is 0 Å². The molecule has 1 N–H and O–H groups in total. The van der Waals surface area contributed by atoms with Crippen LogP contribution in [-0.2, 0) is 6.42 Å². The van der Waals surface area contributed by atoms with Crippen LogP contribution >= 0.6 is 0 Å². The maximum Gasteiger partial charge on any atom is 0.229 e. The number of aromatic nitrogens is 3. The van der Waals surface area contributed by atoms with Crippen molar-refractivity contribution in [1.29, 1.82) is 0 Å². The Morgan fingerprint density at radius 2 is 2.29 bits per heavy atom. The zero-order chi connectivity index (χ0) is 9.80. The summed E-state index contributed by atoms with van der Waals surface area (Å²) in [5, 5.41) is 12.4. The number of aliphatic hydroxyl groups is 1. The SMILES string of the molecule is OCCc1nc(-c2ccccn2)no1. The maximum absolute atomic E-state index is 8.66. The molecule has 5 heteroatoms. The second kappa shape index (κ2) is 3.97. The van der Waals surface area contributed by atoms with Crippen LogP contribution in [0.15, 0.2) is 28.9 Å². The summed E-state index contributed by atoms with van der Waals surface area (Å²) in [6.45, 7) is 0.00382. The van der Waals surface area contributed by atoms with Crippen LogP contribution in [0.3, 0.4) is 0 Å². The van der Waals surface area contributed by atoms with E-state index >= 15 is 0 Å². The predicted molar refractivity (Wildman–Crippen MR) is 48.3 cm³/mol. The first-order valence-electron chi connectivity index (χ1n) is 4.25. The van der Waals surface area contributed by atoms with E-state index in [-0.39, 0.29) is 6.61 Å². The van der Waals surface area contributed by atoms with Crippen molar-refractivity contribution in [3.63, 3.8) is 0 Å². The zero-order valence-corrected chi connectivity index (χ0v) is 7.42. The quantitative estimate of drug-likeness (QED) is 0.771. The normalized spacial score (nSPS) is 10.4. The van der Waals surface area contributed by atoms with Crippen molar-refractivity contribution in [2.75, 3.05) is 6.61 Å². The summed E-state index contributed by atoms with van der Waals surface area (Å²) in [6, 6.07) is 5.47. The van der Waals surface area contributed by atoms with Gasteiger partial charge < -0.3 is 9.63 Å². The Bertz CT molecular complexity index is 399. The van der Waals surface area contributed by atoms with Gasteiger partial charge in [-0.15, -0.1) is 0 Å². The molecule has 0 spiro atoms. The minimum Gasteiger partial charge on any atom is -0.396 e. The van der Waals surface area contributed by atoms with Gasteiger partial charge in [0.15, 0.2) is 0 Å². The number of hydrogen-bond donors (Lipinski definition) is 1. The van der Waals surface area contributed by atoms with Crippen molar-refractivity contribution in [3.05, 3.63) is 30.3 Å². The van der Waals surface area contributed by atoms with E-state index in [2.05, 4.69) is 15.1 Å². The van der Waals surface area contributed by atoms with Crippen molar-refractivity contribution in [3.8, 4) is 11.5 Å². The van der Waals surface area contributed by atoms with E-state index in [1.54, 1.807) is 12.3 Å².